The van der Waals surface area contributed by atoms with Gasteiger partial charge in [0.2, 0.25) is 0 Å². The van der Waals surface area contributed by atoms with Gasteiger partial charge >= 0.3 is 0 Å². The Balaban J connectivity index is 1.58. The first-order valence-electron chi connectivity index (χ1n) is 10.4. The van der Waals surface area contributed by atoms with E-state index in [2.05, 4.69) is 13.9 Å². The molecule has 2 aliphatic rings. The number of rotatable bonds is 3. The van der Waals surface area contributed by atoms with Crippen molar-refractivity contribution < 1.29 is 14.0 Å². The van der Waals surface area contributed by atoms with Gasteiger partial charge in [0.25, 0.3) is 5.91 Å². The summed E-state index contributed by atoms with van der Waals surface area (Å²) in [7, 11) is 0. The first kappa shape index (κ1) is 20.0. The molecule has 2 aromatic heterocycles. The molecular formula is C22H22FN5O2S. The molecule has 7 nitrogen and oxygen atoms in total. The fourth-order valence-electron chi connectivity index (χ4n) is 4.65. The van der Waals surface area contributed by atoms with Gasteiger partial charge in [0.15, 0.2) is 10.8 Å². The van der Waals surface area contributed by atoms with E-state index in [4.69, 9.17) is 4.98 Å². The van der Waals surface area contributed by atoms with E-state index in [1.807, 2.05) is 13.8 Å². The molecule has 0 saturated heterocycles. The van der Waals surface area contributed by atoms with Crippen LogP contribution in [0.4, 0.5) is 4.39 Å². The van der Waals surface area contributed by atoms with Crippen LogP contribution in [-0.2, 0) is 11.3 Å². The van der Waals surface area contributed by atoms with Crippen LogP contribution in [0.15, 0.2) is 24.3 Å². The fourth-order valence-corrected chi connectivity index (χ4v) is 5.32. The Morgan fingerprint density at radius 2 is 1.97 bits per heavy atom. The molecule has 0 N–H and O–H groups in total. The van der Waals surface area contributed by atoms with Crippen molar-refractivity contribution in [1.82, 2.24) is 23.8 Å². The van der Waals surface area contributed by atoms with Gasteiger partial charge in [0.1, 0.15) is 17.4 Å². The van der Waals surface area contributed by atoms with E-state index in [1.54, 1.807) is 4.90 Å². The van der Waals surface area contributed by atoms with Crippen LogP contribution in [0, 0.1) is 12.7 Å². The predicted molar refractivity (Wildman–Crippen MR) is 113 cm³/mol. The van der Waals surface area contributed by atoms with Gasteiger partial charge in [-0.1, -0.05) is 0 Å². The molecule has 1 amide bonds. The van der Waals surface area contributed by atoms with E-state index >= 15 is 0 Å². The lowest BCUT2D eigenvalue weighted by Gasteiger charge is -2.36. The topological polar surface area (TPSA) is 81.0 Å². The third-order valence-corrected chi connectivity index (χ3v) is 6.97. The van der Waals surface area contributed by atoms with Crippen LogP contribution >= 0.6 is 11.5 Å². The van der Waals surface area contributed by atoms with Crippen LogP contribution in [0.5, 0.6) is 0 Å². The van der Waals surface area contributed by atoms with Crippen LogP contribution in [0.3, 0.4) is 0 Å². The number of aryl methyl sites for hydroxylation is 1. The van der Waals surface area contributed by atoms with Crippen LogP contribution in [0.2, 0.25) is 0 Å². The smallest absolute Gasteiger partial charge is 0.254 e. The average molecular weight is 440 g/mol. The number of aromatic nitrogens is 4. The first-order chi connectivity index (χ1) is 14.9. The Morgan fingerprint density at radius 3 is 2.61 bits per heavy atom. The lowest BCUT2D eigenvalue weighted by atomic mass is 9.96. The lowest BCUT2D eigenvalue weighted by molar-refractivity contribution is -0.118. The van der Waals surface area contributed by atoms with Crippen molar-refractivity contribution in [2.45, 2.75) is 51.6 Å². The number of nitrogens with zero attached hydrogens (tertiary/aromatic N) is 5. The van der Waals surface area contributed by atoms with Crippen LogP contribution < -0.4 is 0 Å². The van der Waals surface area contributed by atoms with E-state index in [9.17, 15) is 14.0 Å². The maximum Gasteiger partial charge on any atom is 0.254 e. The Kier molecular flexibility index (Phi) is 4.92. The zero-order chi connectivity index (χ0) is 21.7. The van der Waals surface area contributed by atoms with Crippen molar-refractivity contribution in [2.75, 3.05) is 6.54 Å². The van der Waals surface area contributed by atoms with Crippen LogP contribution in [-0.4, -0.2) is 42.0 Å². The summed E-state index contributed by atoms with van der Waals surface area (Å²) < 4.78 is 19.7. The summed E-state index contributed by atoms with van der Waals surface area (Å²) in [6, 6.07) is 5.33. The SMILES string of the molecule is Cc1nsc(-c2nc([C@H]3CCCC3=O)c3n2CCN(C(=O)c2ccc(F)cc2)[C@@H]3C)n1. The average Bonchev–Trinajstić information content (AvgIpc) is 3.46. The molecule has 9 heteroatoms. The van der Waals surface area contributed by atoms with Gasteiger partial charge in [0, 0.05) is 25.1 Å². The van der Waals surface area contributed by atoms with E-state index in [0.29, 0.717) is 30.9 Å². The zero-order valence-corrected chi connectivity index (χ0v) is 18.2. The minimum absolute atomic E-state index is 0.156. The summed E-state index contributed by atoms with van der Waals surface area (Å²) in [6.45, 7) is 4.84. The monoisotopic (exact) mass is 439 g/mol. The minimum Gasteiger partial charge on any atom is -0.329 e. The third kappa shape index (κ3) is 3.37. The molecule has 160 valence electrons. The Morgan fingerprint density at radius 1 is 1.19 bits per heavy atom. The molecule has 31 heavy (non-hydrogen) atoms. The second kappa shape index (κ2) is 7.64. The summed E-state index contributed by atoms with van der Waals surface area (Å²) in [5, 5.41) is 0.723. The van der Waals surface area contributed by atoms with E-state index < -0.39 is 0 Å². The first-order valence-corrected chi connectivity index (χ1v) is 11.2. The number of fused-ring (bicyclic) bond motifs is 1. The molecule has 1 aliphatic carbocycles. The molecule has 0 spiro atoms. The van der Waals surface area contributed by atoms with Gasteiger partial charge in [-0.05, 0) is 62.5 Å². The highest BCUT2D eigenvalue weighted by Crippen LogP contribution is 2.41. The molecular weight excluding hydrogens is 417 g/mol. The number of amides is 1. The number of carbonyl (C=O) groups is 2. The van der Waals surface area contributed by atoms with Crippen molar-refractivity contribution >= 4 is 23.2 Å². The standard InChI is InChI=1S/C22H22FN5O2S/c1-12-19-18(16-4-3-5-17(16)29)25-20(21-24-13(2)26-31-21)28(19)11-10-27(12)22(30)14-6-8-15(23)9-7-14/h6-9,12,16H,3-5,10-11H2,1-2H3/t12-,16+/m1/s1. The summed E-state index contributed by atoms with van der Waals surface area (Å²) in [6.07, 6.45) is 2.20. The number of benzene rings is 1. The Labute approximate surface area is 183 Å². The Hall–Kier alpha value is -2.94. The number of halogens is 1. The molecule has 2 atom stereocenters. The molecule has 1 aliphatic heterocycles. The van der Waals surface area contributed by atoms with Crippen molar-refractivity contribution in [3.63, 3.8) is 0 Å². The zero-order valence-electron chi connectivity index (χ0n) is 17.3. The Bertz CT molecular complexity index is 1170. The van der Waals surface area contributed by atoms with Gasteiger partial charge in [-0.3, -0.25) is 9.59 Å². The van der Waals surface area contributed by atoms with Gasteiger partial charge in [-0.2, -0.15) is 4.37 Å². The lowest BCUT2D eigenvalue weighted by Crippen LogP contribution is -2.41. The van der Waals surface area contributed by atoms with Crippen LogP contribution in [0.25, 0.3) is 10.8 Å². The highest BCUT2D eigenvalue weighted by Gasteiger charge is 2.39. The number of hydrogen-bond donors (Lipinski definition) is 0. The maximum absolute atomic E-state index is 13.3. The molecule has 0 unspecified atom stereocenters. The van der Waals surface area contributed by atoms with Crippen molar-refractivity contribution in [3.05, 3.63) is 52.9 Å². The molecule has 1 aromatic carbocycles. The van der Waals surface area contributed by atoms with Crippen molar-refractivity contribution in [1.29, 1.82) is 0 Å². The fraction of sp³-hybridized carbons (Fsp3) is 0.409. The number of Topliss-reactive ketones (excluding diaryl/α,β-unsaturated/α-hetero) is 1. The molecule has 0 bridgehead atoms. The van der Waals surface area contributed by atoms with Gasteiger partial charge in [-0.25, -0.2) is 14.4 Å². The predicted octanol–water partition coefficient (Wildman–Crippen LogP) is 3.90. The second-order valence-electron chi connectivity index (χ2n) is 8.10. The number of hydrogen-bond acceptors (Lipinski definition) is 6. The third-order valence-electron chi connectivity index (χ3n) is 6.17. The molecule has 3 aromatic rings. The largest absolute Gasteiger partial charge is 0.329 e. The van der Waals surface area contributed by atoms with E-state index in [1.165, 1.54) is 35.8 Å². The van der Waals surface area contributed by atoms with Gasteiger partial charge in [0.05, 0.1) is 23.3 Å². The minimum atomic E-state index is -0.375. The van der Waals surface area contributed by atoms with Crippen molar-refractivity contribution in [2.24, 2.45) is 0 Å². The van der Waals surface area contributed by atoms with E-state index in [-0.39, 0.29) is 29.5 Å². The van der Waals surface area contributed by atoms with Crippen LogP contribution in [0.1, 0.15) is 65.7 Å². The summed E-state index contributed by atoms with van der Waals surface area (Å²) in [5.41, 5.74) is 2.10. The maximum atomic E-state index is 13.3. The van der Waals surface area contributed by atoms with Crippen molar-refractivity contribution in [3.8, 4) is 10.8 Å². The summed E-state index contributed by atoms with van der Waals surface area (Å²) in [4.78, 5) is 37.0. The van der Waals surface area contributed by atoms with Gasteiger partial charge < -0.3 is 9.47 Å². The number of imidazole rings is 1. The summed E-state index contributed by atoms with van der Waals surface area (Å²) >= 11 is 1.29. The van der Waals surface area contributed by atoms with E-state index in [0.717, 1.165) is 35.1 Å². The molecule has 1 fully saturated rings. The molecule has 3 heterocycles. The molecule has 0 radical (unpaired) electrons. The summed E-state index contributed by atoms with van der Waals surface area (Å²) in [5.74, 6) is 0.837. The quantitative estimate of drug-likeness (QED) is 0.618. The number of carbonyl (C=O) groups excluding carboxylic acids is 2. The highest BCUT2D eigenvalue weighted by atomic mass is 32.1. The highest BCUT2D eigenvalue weighted by molar-refractivity contribution is 7.09. The normalized spacial score (nSPS) is 20.9. The number of ketones is 1. The van der Waals surface area contributed by atoms with Gasteiger partial charge in [-0.15, -0.1) is 0 Å². The molecule has 1 saturated carbocycles. The molecule has 5 rings (SSSR count). The second-order valence-corrected chi connectivity index (χ2v) is 8.85.